The van der Waals surface area contributed by atoms with Gasteiger partial charge in [-0.2, -0.15) is 0 Å². The van der Waals surface area contributed by atoms with Crippen molar-refractivity contribution in [3.63, 3.8) is 0 Å². The van der Waals surface area contributed by atoms with Crippen LogP contribution in [0.15, 0.2) is 59.7 Å². The first-order chi connectivity index (χ1) is 15.5. The van der Waals surface area contributed by atoms with Gasteiger partial charge in [-0.1, -0.05) is 48.9 Å². The van der Waals surface area contributed by atoms with Gasteiger partial charge < -0.3 is 9.47 Å². The molecule has 0 saturated carbocycles. The van der Waals surface area contributed by atoms with Gasteiger partial charge in [0.05, 0.1) is 18.4 Å². The van der Waals surface area contributed by atoms with E-state index in [0.717, 1.165) is 48.0 Å². The lowest BCUT2D eigenvalue weighted by molar-refractivity contribution is -0.133. The first-order valence-corrected chi connectivity index (χ1v) is 11.3. The van der Waals surface area contributed by atoms with Crippen molar-refractivity contribution in [3.05, 3.63) is 76.3 Å². The minimum atomic E-state index is -0.118. The fourth-order valence-electron chi connectivity index (χ4n) is 4.66. The Kier molecular flexibility index (Phi) is 5.29. The average Bonchev–Trinajstić information content (AvgIpc) is 3.10. The zero-order valence-electron chi connectivity index (χ0n) is 18.6. The van der Waals surface area contributed by atoms with Crippen LogP contribution in [-0.4, -0.2) is 38.0 Å². The number of amides is 1. The van der Waals surface area contributed by atoms with Gasteiger partial charge in [0.15, 0.2) is 0 Å². The van der Waals surface area contributed by atoms with Crippen molar-refractivity contribution in [2.75, 3.05) is 13.1 Å². The van der Waals surface area contributed by atoms with E-state index in [1.54, 1.807) is 10.9 Å². The molecule has 2 aromatic carbocycles. The second-order valence-electron chi connectivity index (χ2n) is 9.03. The van der Waals surface area contributed by atoms with Crippen molar-refractivity contribution in [2.24, 2.45) is 5.92 Å². The third-order valence-corrected chi connectivity index (χ3v) is 6.61. The highest BCUT2D eigenvalue weighted by atomic mass is 16.2. The zero-order chi connectivity index (χ0) is 22.2. The van der Waals surface area contributed by atoms with Gasteiger partial charge in [-0.15, -0.1) is 0 Å². The predicted molar refractivity (Wildman–Crippen MR) is 127 cm³/mol. The summed E-state index contributed by atoms with van der Waals surface area (Å²) in [5, 5.41) is 0.920. The molecule has 0 atom stereocenters. The summed E-state index contributed by atoms with van der Waals surface area (Å²) >= 11 is 0. The lowest BCUT2D eigenvalue weighted by Gasteiger charge is -2.30. The molecule has 5 rings (SSSR count). The van der Waals surface area contributed by atoms with Crippen LogP contribution in [0.25, 0.3) is 21.9 Å². The molecule has 0 spiro atoms. The number of hydrogen-bond donors (Lipinski definition) is 0. The standard InChI is InChI=1S/C26H28N4O2/c1-18-10-12-28(13-11-18)23(31)16-30-22-9-8-19(2)14-21(22)24-25(30)26(32)29(17-27-24)15-20-6-4-3-5-7-20/h3-9,14,17-18H,10-13,15-16H2,1-2H3. The van der Waals surface area contributed by atoms with Gasteiger partial charge in [0, 0.05) is 18.5 Å². The average molecular weight is 429 g/mol. The molecule has 0 unspecified atom stereocenters. The lowest BCUT2D eigenvalue weighted by Crippen LogP contribution is -2.40. The summed E-state index contributed by atoms with van der Waals surface area (Å²) in [5.74, 6) is 0.721. The molecule has 164 valence electrons. The summed E-state index contributed by atoms with van der Waals surface area (Å²) in [6.07, 6.45) is 3.69. The molecule has 0 bridgehead atoms. The van der Waals surface area contributed by atoms with Gasteiger partial charge >= 0.3 is 0 Å². The molecule has 4 aromatic rings. The molecule has 0 radical (unpaired) electrons. The van der Waals surface area contributed by atoms with E-state index < -0.39 is 0 Å². The SMILES string of the molecule is Cc1ccc2c(c1)c1ncn(Cc3ccccc3)c(=O)c1n2CC(=O)N1CCC(C)CC1. The normalized spacial score (nSPS) is 15.0. The second-order valence-corrected chi connectivity index (χ2v) is 9.03. The first kappa shape index (κ1) is 20.5. The van der Waals surface area contributed by atoms with E-state index in [2.05, 4.69) is 18.0 Å². The highest BCUT2D eigenvalue weighted by molar-refractivity contribution is 6.06. The third-order valence-electron chi connectivity index (χ3n) is 6.61. The first-order valence-electron chi connectivity index (χ1n) is 11.3. The number of benzene rings is 2. The van der Waals surface area contributed by atoms with E-state index in [1.807, 2.05) is 58.9 Å². The minimum absolute atomic E-state index is 0.0640. The Morgan fingerprint density at radius 2 is 1.84 bits per heavy atom. The largest absolute Gasteiger partial charge is 0.341 e. The van der Waals surface area contributed by atoms with Crippen molar-refractivity contribution in [1.82, 2.24) is 19.0 Å². The van der Waals surface area contributed by atoms with E-state index in [9.17, 15) is 9.59 Å². The van der Waals surface area contributed by atoms with Crippen molar-refractivity contribution < 1.29 is 4.79 Å². The van der Waals surface area contributed by atoms with E-state index in [1.165, 1.54) is 0 Å². The smallest absolute Gasteiger partial charge is 0.278 e. The maximum absolute atomic E-state index is 13.6. The number of likely N-dealkylation sites (tertiary alicyclic amines) is 1. The fraction of sp³-hybridized carbons (Fsp3) is 0.346. The third kappa shape index (κ3) is 3.70. The van der Waals surface area contributed by atoms with Gasteiger partial charge in [0.2, 0.25) is 5.91 Å². The summed E-state index contributed by atoms with van der Waals surface area (Å²) in [4.78, 5) is 33.4. The highest BCUT2D eigenvalue weighted by Gasteiger charge is 2.23. The zero-order valence-corrected chi connectivity index (χ0v) is 18.6. The maximum Gasteiger partial charge on any atom is 0.278 e. The molecule has 32 heavy (non-hydrogen) atoms. The molecule has 0 N–H and O–H groups in total. The summed E-state index contributed by atoms with van der Waals surface area (Å²) in [5.41, 5.74) is 4.07. The summed E-state index contributed by atoms with van der Waals surface area (Å²) in [7, 11) is 0. The number of carbonyl (C=O) groups excluding carboxylic acids is 1. The number of aryl methyl sites for hydroxylation is 1. The molecule has 0 aliphatic carbocycles. The molecular weight excluding hydrogens is 400 g/mol. The van der Waals surface area contributed by atoms with Crippen molar-refractivity contribution in [2.45, 2.75) is 39.8 Å². The van der Waals surface area contributed by atoms with Crippen molar-refractivity contribution in [1.29, 1.82) is 0 Å². The topological polar surface area (TPSA) is 60.1 Å². The number of piperidine rings is 1. The molecule has 1 fully saturated rings. The van der Waals surface area contributed by atoms with Crippen LogP contribution in [-0.2, 0) is 17.9 Å². The van der Waals surface area contributed by atoms with Crippen LogP contribution in [0.3, 0.4) is 0 Å². The Balaban J connectivity index is 1.61. The predicted octanol–water partition coefficient (Wildman–Crippen LogP) is 3.97. The molecule has 1 amide bonds. The number of fused-ring (bicyclic) bond motifs is 3. The Morgan fingerprint density at radius 3 is 2.59 bits per heavy atom. The Hall–Kier alpha value is -3.41. The van der Waals surface area contributed by atoms with E-state index in [0.29, 0.717) is 23.5 Å². The molecule has 1 aliphatic heterocycles. The van der Waals surface area contributed by atoms with E-state index >= 15 is 0 Å². The van der Waals surface area contributed by atoms with Crippen LogP contribution in [0.1, 0.15) is 30.9 Å². The van der Waals surface area contributed by atoms with Gasteiger partial charge in [-0.3, -0.25) is 14.2 Å². The Bertz CT molecular complexity index is 1350. The minimum Gasteiger partial charge on any atom is -0.341 e. The second kappa shape index (κ2) is 8.26. The van der Waals surface area contributed by atoms with Gasteiger partial charge in [-0.05, 0) is 43.4 Å². The summed E-state index contributed by atoms with van der Waals surface area (Å²) in [6, 6.07) is 15.9. The van der Waals surface area contributed by atoms with Gasteiger partial charge in [-0.25, -0.2) is 4.98 Å². The van der Waals surface area contributed by atoms with Gasteiger partial charge in [0.1, 0.15) is 17.6 Å². The lowest BCUT2D eigenvalue weighted by atomic mass is 9.99. The Morgan fingerprint density at radius 1 is 1.09 bits per heavy atom. The van der Waals surface area contributed by atoms with Crippen LogP contribution in [0.2, 0.25) is 0 Å². The molecular formula is C26H28N4O2. The van der Waals surface area contributed by atoms with Gasteiger partial charge in [0.25, 0.3) is 5.56 Å². The Labute approximate surface area is 187 Å². The van der Waals surface area contributed by atoms with Crippen molar-refractivity contribution >= 4 is 27.8 Å². The maximum atomic E-state index is 13.6. The quantitative estimate of drug-likeness (QED) is 0.494. The van der Waals surface area contributed by atoms with Crippen LogP contribution >= 0.6 is 0 Å². The number of aromatic nitrogens is 3. The molecule has 6 heteroatoms. The monoisotopic (exact) mass is 428 g/mol. The van der Waals surface area contributed by atoms with Crippen LogP contribution in [0.4, 0.5) is 0 Å². The molecule has 2 aromatic heterocycles. The molecule has 6 nitrogen and oxygen atoms in total. The van der Waals surface area contributed by atoms with E-state index in [-0.39, 0.29) is 18.0 Å². The fourth-order valence-corrected chi connectivity index (χ4v) is 4.66. The van der Waals surface area contributed by atoms with E-state index in [4.69, 9.17) is 0 Å². The molecule has 1 saturated heterocycles. The number of hydrogen-bond acceptors (Lipinski definition) is 3. The van der Waals surface area contributed by atoms with Crippen LogP contribution in [0.5, 0.6) is 0 Å². The van der Waals surface area contributed by atoms with Crippen LogP contribution < -0.4 is 5.56 Å². The molecule has 3 heterocycles. The summed E-state index contributed by atoms with van der Waals surface area (Å²) in [6.45, 7) is 6.43. The molecule has 1 aliphatic rings. The van der Waals surface area contributed by atoms with Crippen LogP contribution in [0, 0.1) is 12.8 Å². The summed E-state index contributed by atoms with van der Waals surface area (Å²) < 4.78 is 3.51. The number of rotatable bonds is 4. The highest BCUT2D eigenvalue weighted by Crippen LogP contribution is 2.27. The number of nitrogens with zero attached hydrogens (tertiary/aromatic N) is 4. The number of carbonyl (C=O) groups is 1. The van der Waals surface area contributed by atoms with Crippen molar-refractivity contribution in [3.8, 4) is 0 Å².